The Balaban J connectivity index is 1.59. The quantitative estimate of drug-likeness (QED) is 0.828. The van der Waals surface area contributed by atoms with Gasteiger partial charge in [-0.25, -0.2) is 13.4 Å². The van der Waals surface area contributed by atoms with Crippen molar-refractivity contribution in [2.24, 2.45) is 0 Å². The molecule has 3 heterocycles. The zero-order valence-corrected chi connectivity index (χ0v) is 13.6. The number of fused-ring (bicyclic) bond motifs is 1. The molecule has 2 fully saturated rings. The van der Waals surface area contributed by atoms with E-state index in [0.29, 0.717) is 56.1 Å². The molecule has 4 rings (SSSR count). The van der Waals surface area contributed by atoms with E-state index in [1.165, 1.54) is 10.4 Å². The van der Waals surface area contributed by atoms with Gasteiger partial charge >= 0.3 is 0 Å². The minimum Gasteiger partial charge on any atom is -0.441 e. The van der Waals surface area contributed by atoms with E-state index in [0.717, 1.165) is 0 Å². The number of ether oxygens (including phenoxy) is 2. The van der Waals surface area contributed by atoms with Crippen LogP contribution in [0.2, 0.25) is 0 Å². The van der Waals surface area contributed by atoms with Gasteiger partial charge < -0.3 is 13.9 Å². The number of aryl methyl sites for hydroxylation is 1. The highest BCUT2D eigenvalue weighted by Crippen LogP contribution is 2.33. The molecular formula is C15H18N2O5S. The molecule has 2 aromatic rings. The zero-order chi connectivity index (χ0) is 16.1. The number of benzene rings is 1. The number of nitrogens with zero attached hydrogens (tertiary/aromatic N) is 2. The predicted molar refractivity (Wildman–Crippen MR) is 81.4 cm³/mol. The lowest BCUT2D eigenvalue weighted by Crippen LogP contribution is -2.47. The maximum Gasteiger partial charge on any atom is 0.243 e. The highest BCUT2D eigenvalue weighted by Gasteiger charge is 2.42. The summed E-state index contributed by atoms with van der Waals surface area (Å²) in [5.74, 6) is -0.0668. The maximum atomic E-state index is 12.8. The molecule has 0 radical (unpaired) electrons. The smallest absolute Gasteiger partial charge is 0.243 e. The fourth-order valence-electron chi connectivity index (χ4n) is 3.18. The second-order valence-corrected chi connectivity index (χ2v) is 7.81. The SMILES string of the molecule is Cc1nc2ccc(S(=O)(=O)N3CCC4(CC3)OCCO4)cc2o1. The first-order chi connectivity index (χ1) is 11.0. The molecule has 0 aliphatic carbocycles. The molecule has 1 spiro atoms. The lowest BCUT2D eigenvalue weighted by Gasteiger charge is -2.36. The first kappa shape index (κ1) is 15.1. The summed E-state index contributed by atoms with van der Waals surface area (Å²) in [5, 5.41) is 0. The Morgan fingerprint density at radius 2 is 1.87 bits per heavy atom. The Kier molecular flexibility index (Phi) is 3.45. The van der Waals surface area contributed by atoms with E-state index >= 15 is 0 Å². The van der Waals surface area contributed by atoms with E-state index in [-0.39, 0.29) is 4.90 Å². The molecule has 0 saturated carbocycles. The predicted octanol–water partition coefficient (Wildman–Crippen LogP) is 1.66. The average Bonchev–Trinajstić information content (AvgIpc) is 3.12. The largest absolute Gasteiger partial charge is 0.441 e. The van der Waals surface area contributed by atoms with E-state index in [2.05, 4.69) is 4.98 Å². The normalized spacial score (nSPS) is 22.1. The molecule has 8 heteroatoms. The summed E-state index contributed by atoms with van der Waals surface area (Å²) in [6.45, 7) is 3.66. The van der Waals surface area contributed by atoms with Gasteiger partial charge in [0, 0.05) is 38.9 Å². The molecule has 2 saturated heterocycles. The van der Waals surface area contributed by atoms with Crippen molar-refractivity contribution in [1.82, 2.24) is 9.29 Å². The fourth-order valence-corrected chi connectivity index (χ4v) is 4.64. The van der Waals surface area contributed by atoms with Crippen molar-refractivity contribution >= 4 is 21.1 Å². The van der Waals surface area contributed by atoms with Crippen LogP contribution in [0.15, 0.2) is 27.5 Å². The van der Waals surface area contributed by atoms with Gasteiger partial charge in [0.25, 0.3) is 0 Å². The third kappa shape index (κ3) is 2.55. The van der Waals surface area contributed by atoms with Crippen molar-refractivity contribution in [3.8, 4) is 0 Å². The molecule has 7 nitrogen and oxygen atoms in total. The third-order valence-corrected chi connectivity index (χ3v) is 6.30. The minimum absolute atomic E-state index is 0.227. The molecule has 2 aliphatic heterocycles. The van der Waals surface area contributed by atoms with Crippen molar-refractivity contribution < 1.29 is 22.3 Å². The van der Waals surface area contributed by atoms with Crippen LogP contribution in [0.3, 0.4) is 0 Å². The molecule has 1 aromatic carbocycles. The van der Waals surface area contributed by atoms with E-state index in [9.17, 15) is 8.42 Å². The summed E-state index contributed by atoms with van der Waals surface area (Å²) in [6.07, 6.45) is 1.10. The van der Waals surface area contributed by atoms with Gasteiger partial charge in [0.05, 0.1) is 18.1 Å². The number of sulfonamides is 1. The molecule has 124 valence electrons. The van der Waals surface area contributed by atoms with Crippen LogP contribution >= 0.6 is 0 Å². The lowest BCUT2D eigenvalue weighted by molar-refractivity contribution is -0.179. The van der Waals surface area contributed by atoms with Crippen LogP contribution in [0.25, 0.3) is 11.1 Å². The zero-order valence-electron chi connectivity index (χ0n) is 12.8. The molecule has 0 N–H and O–H groups in total. The first-order valence-electron chi connectivity index (χ1n) is 7.64. The number of hydrogen-bond donors (Lipinski definition) is 0. The van der Waals surface area contributed by atoms with E-state index in [4.69, 9.17) is 13.9 Å². The van der Waals surface area contributed by atoms with Gasteiger partial charge in [-0.1, -0.05) is 0 Å². The summed E-state index contributed by atoms with van der Waals surface area (Å²) in [5.41, 5.74) is 1.14. The summed E-state index contributed by atoms with van der Waals surface area (Å²) >= 11 is 0. The summed E-state index contributed by atoms with van der Waals surface area (Å²) in [6, 6.07) is 4.79. The maximum absolute atomic E-state index is 12.8. The second-order valence-electron chi connectivity index (χ2n) is 5.87. The van der Waals surface area contributed by atoms with Crippen LogP contribution in [-0.4, -0.2) is 49.8 Å². The number of oxazole rings is 1. The Bertz CT molecular complexity index is 829. The van der Waals surface area contributed by atoms with Gasteiger partial charge in [-0.15, -0.1) is 0 Å². The molecule has 2 aliphatic rings. The van der Waals surface area contributed by atoms with E-state index < -0.39 is 15.8 Å². The Morgan fingerprint density at radius 3 is 2.57 bits per heavy atom. The molecule has 0 amide bonds. The Morgan fingerprint density at radius 1 is 1.17 bits per heavy atom. The number of hydrogen-bond acceptors (Lipinski definition) is 6. The van der Waals surface area contributed by atoms with Crippen molar-refractivity contribution in [3.63, 3.8) is 0 Å². The van der Waals surface area contributed by atoms with Crippen molar-refractivity contribution in [2.75, 3.05) is 26.3 Å². The van der Waals surface area contributed by atoms with Crippen LogP contribution in [0.1, 0.15) is 18.7 Å². The van der Waals surface area contributed by atoms with Crippen LogP contribution in [0, 0.1) is 6.92 Å². The van der Waals surface area contributed by atoms with Gasteiger partial charge in [0.1, 0.15) is 5.52 Å². The highest BCUT2D eigenvalue weighted by molar-refractivity contribution is 7.89. The fraction of sp³-hybridized carbons (Fsp3) is 0.533. The second kappa shape index (κ2) is 5.27. The van der Waals surface area contributed by atoms with Gasteiger partial charge in [-0.2, -0.15) is 4.31 Å². The average molecular weight is 338 g/mol. The van der Waals surface area contributed by atoms with Gasteiger partial charge in [-0.05, 0) is 12.1 Å². The molecular weight excluding hydrogens is 320 g/mol. The van der Waals surface area contributed by atoms with Gasteiger partial charge in [0.2, 0.25) is 10.0 Å². The Labute approximate surface area is 134 Å². The molecule has 23 heavy (non-hydrogen) atoms. The lowest BCUT2D eigenvalue weighted by atomic mass is 10.1. The van der Waals surface area contributed by atoms with Crippen LogP contribution in [0.4, 0.5) is 0 Å². The minimum atomic E-state index is -3.56. The van der Waals surface area contributed by atoms with Crippen LogP contribution in [-0.2, 0) is 19.5 Å². The van der Waals surface area contributed by atoms with Gasteiger partial charge in [-0.3, -0.25) is 0 Å². The standard InChI is InChI=1S/C15H18N2O5S/c1-11-16-13-3-2-12(10-14(13)22-11)23(18,19)17-6-4-15(5-7-17)20-8-9-21-15/h2-3,10H,4-9H2,1H3. The molecule has 0 atom stereocenters. The summed E-state index contributed by atoms with van der Waals surface area (Å²) in [7, 11) is -3.56. The van der Waals surface area contributed by atoms with Crippen LogP contribution < -0.4 is 0 Å². The van der Waals surface area contributed by atoms with Crippen molar-refractivity contribution in [2.45, 2.75) is 30.4 Å². The first-order valence-corrected chi connectivity index (χ1v) is 9.08. The summed E-state index contributed by atoms with van der Waals surface area (Å²) in [4.78, 5) is 4.42. The molecule has 1 aromatic heterocycles. The third-order valence-electron chi connectivity index (χ3n) is 4.40. The topological polar surface area (TPSA) is 81.9 Å². The van der Waals surface area contributed by atoms with Crippen LogP contribution in [0.5, 0.6) is 0 Å². The molecule has 0 unspecified atom stereocenters. The van der Waals surface area contributed by atoms with Gasteiger partial charge in [0.15, 0.2) is 17.3 Å². The van der Waals surface area contributed by atoms with E-state index in [1.807, 2.05) is 0 Å². The number of rotatable bonds is 2. The molecule has 0 bridgehead atoms. The Hall–Kier alpha value is -1.48. The van der Waals surface area contributed by atoms with E-state index in [1.54, 1.807) is 19.1 Å². The highest BCUT2D eigenvalue weighted by atomic mass is 32.2. The summed E-state index contributed by atoms with van der Waals surface area (Å²) < 4.78 is 43.8. The van der Waals surface area contributed by atoms with Crippen molar-refractivity contribution in [3.05, 3.63) is 24.1 Å². The number of piperidine rings is 1. The monoisotopic (exact) mass is 338 g/mol. The number of aromatic nitrogens is 1. The van der Waals surface area contributed by atoms with Crippen molar-refractivity contribution in [1.29, 1.82) is 0 Å².